The van der Waals surface area contributed by atoms with Gasteiger partial charge in [0.1, 0.15) is 10.6 Å². The van der Waals surface area contributed by atoms with E-state index in [1.54, 1.807) is 37.4 Å². The van der Waals surface area contributed by atoms with Crippen LogP contribution in [0.25, 0.3) is 11.4 Å². The average molecular weight is 509 g/mol. The third-order valence-corrected chi connectivity index (χ3v) is 9.04. The van der Waals surface area contributed by atoms with Gasteiger partial charge in [-0.1, -0.05) is 6.07 Å². The molecule has 0 spiro atoms. The van der Waals surface area contributed by atoms with Gasteiger partial charge in [-0.05, 0) is 56.2 Å². The summed E-state index contributed by atoms with van der Waals surface area (Å²) >= 11 is 0. The van der Waals surface area contributed by atoms with Gasteiger partial charge in [0, 0.05) is 37.1 Å². The SMILES string of the molecule is CNC(=O)Nc1ccc(-c2nc(N3CCOC[C@@H]3C)cc(C3(S(=O)(=O)c4ccccn4)CC3)n2)cc1. The van der Waals surface area contributed by atoms with Crippen LogP contribution in [0, 0.1) is 0 Å². The van der Waals surface area contributed by atoms with Crippen LogP contribution in [0.4, 0.5) is 16.3 Å². The number of morpholine rings is 1. The Kier molecular flexibility index (Phi) is 6.35. The molecule has 1 saturated carbocycles. The van der Waals surface area contributed by atoms with Gasteiger partial charge in [0.15, 0.2) is 10.9 Å². The lowest BCUT2D eigenvalue weighted by Gasteiger charge is -2.34. The lowest BCUT2D eigenvalue weighted by atomic mass is 10.1. The summed E-state index contributed by atoms with van der Waals surface area (Å²) in [6.07, 6.45) is 2.43. The number of hydrogen-bond acceptors (Lipinski definition) is 8. The molecule has 3 heterocycles. The lowest BCUT2D eigenvalue weighted by molar-refractivity contribution is 0.0985. The predicted octanol–water partition coefficient (Wildman–Crippen LogP) is 2.98. The summed E-state index contributed by atoms with van der Waals surface area (Å²) in [5.74, 6) is 1.09. The zero-order valence-electron chi connectivity index (χ0n) is 20.1. The molecule has 1 aromatic carbocycles. The largest absolute Gasteiger partial charge is 0.377 e. The van der Waals surface area contributed by atoms with Crippen molar-refractivity contribution in [3.63, 3.8) is 0 Å². The average Bonchev–Trinajstić information content (AvgIpc) is 3.72. The van der Waals surface area contributed by atoms with Crippen LogP contribution in [-0.2, 0) is 19.3 Å². The van der Waals surface area contributed by atoms with Gasteiger partial charge in [-0.2, -0.15) is 0 Å². The first kappa shape index (κ1) is 24.1. The summed E-state index contributed by atoms with van der Waals surface area (Å²) in [5.41, 5.74) is 1.81. The molecule has 1 saturated heterocycles. The van der Waals surface area contributed by atoms with Gasteiger partial charge in [0.25, 0.3) is 0 Å². The van der Waals surface area contributed by atoms with E-state index in [-0.39, 0.29) is 17.1 Å². The fourth-order valence-electron chi connectivity index (χ4n) is 4.39. The van der Waals surface area contributed by atoms with Crippen molar-refractivity contribution in [3.05, 3.63) is 60.4 Å². The molecule has 3 aromatic rings. The molecular weight excluding hydrogens is 480 g/mol. The van der Waals surface area contributed by atoms with Gasteiger partial charge < -0.3 is 20.3 Å². The summed E-state index contributed by atoms with van der Waals surface area (Å²) in [7, 11) is -2.22. The van der Waals surface area contributed by atoms with Crippen molar-refractivity contribution in [2.45, 2.75) is 35.6 Å². The first-order valence-corrected chi connectivity index (χ1v) is 13.3. The lowest BCUT2D eigenvalue weighted by Crippen LogP contribution is -2.44. The zero-order chi connectivity index (χ0) is 25.3. The van der Waals surface area contributed by atoms with Crippen LogP contribution >= 0.6 is 0 Å². The van der Waals surface area contributed by atoms with Gasteiger partial charge in [-0.15, -0.1) is 0 Å². The highest BCUT2D eigenvalue weighted by Crippen LogP contribution is 2.54. The van der Waals surface area contributed by atoms with E-state index in [2.05, 4.69) is 27.4 Å². The normalized spacial score (nSPS) is 18.9. The molecule has 5 rings (SSSR count). The van der Waals surface area contributed by atoms with Crippen molar-refractivity contribution in [1.29, 1.82) is 0 Å². The van der Waals surface area contributed by atoms with E-state index in [4.69, 9.17) is 14.7 Å². The van der Waals surface area contributed by atoms with Gasteiger partial charge in [0.2, 0.25) is 9.84 Å². The second kappa shape index (κ2) is 9.47. The third-order valence-electron chi connectivity index (χ3n) is 6.60. The Morgan fingerprint density at radius 3 is 2.56 bits per heavy atom. The monoisotopic (exact) mass is 508 g/mol. The zero-order valence-corrected chi connectivity index (χ0v) is 21.0. The Morgan fingerprint density at radius 2 is 1.92 bits per heavy atom. The summed E-state index contributed by atoms with van der Waals surface area (Å²) in [6.45, 7) is 3.82. The van der Waals surface area contributed by atoms with E-state index in [0.29, 0.717) is 61.2 Å². The fraction of sp³-hybridized carbons (Fsp3) is 0.360. The van der Waals surface area contributed by atoms with Gasteiger partial charge in [-0.3, -0.25) is 0 Å². The maximum Gasteiger partial charge on any atom is 0.318 e. The highest BCUT2D eigenvalue weighted by atomic mass is 32.2. The molecule has 0 radical (unpaired) electrons. The number of nitrogens with one attached hydrogen (secondary N) is 2. The molecule has 2 fully saturated rings. The van der Waals surface area contributed by atoms with Crippen molar-refractivity contribution in [3.8, 4) is 11.4 Å². The molecule has 1 atom stereocenters. The molecular formula is C25H28N6O4S. The molecule has 188 valence electrons. The van der Waals surface area contributed by atoms with E-state index < -0.39 is 14.6 Å². The van der Waals surface area contributed by atoms with Gasteiger partial charge >= 0.3 is 6.03 Å². The topological polar surface area (TPSA) is 126 Å². The second-order valence-corrected chi connectivity index (χ2v) is 11.2. The molecule has 2 aromatic heterocycles. The highest BCUT2D eigenvalue weighted by Gasteiger charge is 2.58. The molecule has 1 aliphatic carbocycles. The summed E-state index contributed by atoms with van der Waals surface area (Å²) in [5, 5.41) is 5.29. The van der Waals surface area contributed by atoms with E-state index in [9.17, 15) is 13.2 Å². The predicted molar refractivity (Wildman–Crippen MR) is 136 cm³/mol. The second-order valence-electron chi connectivity index (χ2n) is 9.00. The van der Waals surface area contributed by atoms with Gasteiger partial charge in [-0.25, -0.2) is 28.2 Å². The molecule has 2 aliphatic rings. The van der Waals surface area contributed by atoms with Crippen LogP contribution in [0.5, 0.6) is 0 Å². The van der Waals surface area contributed by atoms with Crippen molar-refractivity contribution in [1.82, 2.24) is 20.3 Å². The molecule has 36 heavy (non-hydrogen) atoms. The number of ether oxygens (including phenoxy) is 1. The smallest absolute Gasteiger partial charge is 0.318 e. The first-order chi connectivity index (χ1) is 17.3. The molecule has 0 bridgehead atoms. The number of pyridine rings is 1. The van der Waals surface area contributed by atoms with Crippen LogP contribution in [0.3, 0.4) is 0 Å². The van der Waals surface area contributed by atoms with Crippen molar-refractivity contribution in [2.75, 3.05) is 37.0 Å². The van der Waals surface area contributed by atoms with Crippen LogP contribution in [0.2, 0.25) is 0 Å². The molecule has 2 amide bonds. The Balaban J connectivity index is 1.59. The van der Waals surface area contributed by atoms with Crippen LogP contribution in [0.15, 0.2) is 59.8 Å². The number of hydrogen-bond donors (Lipinski definition) is 2. The van der Waals surface area contributed by atoms with Crippen LogP contribution in [0.1, 0.15) is 25.5 Å². The Morgan fingerprint density at radius 1 is 1.14 bits per heavy atom. The number of nitrogens with zero attached hydrogens (tertiary/aromatic N) is 4. The Labute approximate surface area is 210 Å². The fourth-order valence-corrected chi connectivity index (χ4v) is 6.27. The molecule has 0 unspecified atom stereocenters. The number of benzene rings is 1. The maximum absolute atomic E-state index is 13.7. The molecule has 10 nitrogen and oxygen atoms in total. The number of aromatic nitrogens is 3. The van der Waals surface area contributed by atoms with Crippen molar-refractivity contribution >= 4 is 27.4 Å². The van der Waals surface area contributed by atoms with Crippen molar-refractivity contribution < 1.29 is 17.9 Å². The maximum atomic E-state index is 13.7. The minimum atomic E-state index is -3.76. The Hall–Kier alpha value is -3.57. The standard InChI is InChI=1S/C25H28N6O4S/c1-17-16-35-14-13-31(17)21-15-20(25(10-11-25)36(33,34)22-5-3-4-12-27-22)29-23(30-21)18-6-8-19(9-7-18)28-24(32)26-2/h3-9,12,15,17H,10-11,13-14,16H2,1-2H3,(H2,26,28,32)/t17-/m0/s1. The number of sulfone groups is 1. The number of carbonyl (C=O) groups is 1. The molecule has 1 aliphatic heterocycles. The summed E-state index contributed by atoms with van der Waals surface area (Å²) in [4.78, 5) is 27.5. The number of urea groups is 1. The van der Waals surface area contributed by atoms with E-state index in [1.807, 2.05) is 12.1 Å². The quantitative estimate of drug-likeness (QED) is 0.520. The number of rotatable bonds is 6. The minimum Gasteiger partial charge on any atom is -0.377 e. The minimum absolute atomic E-state index is 0.0496. The first-order valence-electron chi connectivity index (χ1n) is 11.8. The number of anilines is 2. The van der Waals surface area contributed by atoms with Crippen molar-refractivity contribution in [2.24, 2.45) is 0 Å². The summed E-state index contributed by atoms with van der Waals surface area (Å²) < 4.78 is 31.8. The van der Waals surface area contributed by atoms with E-state index >= 15 is 0 Å². The summed E-state index contributed by atoms with van der Waals surface area (Å²) in [6, 6.07) is 13.6. The highest BCUT2D eigenvalue weighted by molar-refractivity contribution is 7.92. The third kappa shape index (κ3) is 4.40. The number of carbonyl (C=O) groups excluding carboxylic acids is 1. The van der Waals surface area contributed by atoms with Crippen LogP contribution in [-0.4, -0.2) is 62.2 Å². The number of amides is 2. The Bertz CT molecular complexity index is 1360. The molecule has 11 heteroatoms. The van der Waals surface area contributed by atoms with E-state index in [0.717, 1.165) is 0 Å². The van der Waals surface area contributed by atoms with E-state index in [1.165, 1.54) is 12.3 Å². The molecule has 2 N–H and O–H groups in total. The van der Waals surface area contributed by atoms with Crippen LogP contribution < -0.4 is 15.5 Å². The van der Waals surface area contributed by atoms with Gasteiger partial charge in [0.05, 0.1) is 24.9 Å².